The van der Waals surface area contributed by atoms with Crippen LogP contribution in [0, 0.1) is 13.8 Å². The molecule has 2 N–H and O–H groups in total. The lowest BCUT2D eigenvalue weighted by atomic mass is 10.0. The lowest BCUT2D eigenvalue weighted by Crippen LogP contribution is -2.35. The number of benzene rings is 2. The fourth-order valence-corrected chi connectivity index (χ4v) is 5.79. The average Bonchev–Trinajstić information content (AvgIpc) is 3.48. The summed E-state index contributed by atoms with van der Waals surface area (Å²) in [6.07, 6.45) is 1.48. The van der Waals surface area contributed by atoms with Crippen molar-refractivity contribution in [2.24, 2.45) is 5.73 Å². The predicted octanol–water partition coefficient (Wildman–Crippen LogP) is 2.89. The van der Waals surface area contributed by atoms with Gasteiger partial charge in [-0.05, 0) is 48.7 Å². The number of thiazole rings is 1. The molecule has 4 aromatic rings. The molecule has 8 nitrogen and oxygen atoms in total. The molecule has 0 radical (unpaired) electrons. The van der Waals surface area contributed by atoms with Crippen molar-refractivity contribution in [2.45, 2.75) is 37.9 Å². The molecular formula is C22H21N5O3S2. The van der Waals surface area contributed by atoms with Crippen LogP contribution < -0.4 is 5.73 Å². The van der Waals surface area contributed by atoms with Crippen LogP contribution in [0.5, 0.6) is 0 Å². The lowest BCUT2D eigenvalue weighted by Gasteiger charge is -2.21. The smallest absolute Gasteiger partial charge is 0.283 e. The summed E-state index contributed by atoms with van der Waals surface area (Å²) in [5, 5.41) is 4.28. The highest BCUT2D eigenvalue weighted by molar-refractivity contribution is 7.89. The summed E-state index contributed by atoms with van der Waals surface area (Å²) < 4.78 is 27.9. The number of carbonyl (C=O) groups is 1. The van der Waals surface area contributed by atoms with Crippen molar-refractivity contribution in [2.75, 3.05) is 0 Å². The van der Waals surface area contributed by atoms with E-state index in [2.05, 4.69) is 10.1 Å². The number of rotatable bonds is 4. The molecule has 10 heteroatoms. The first-order valence-corrected chi connectivity index (χ1v) is 12.3. The molecule has 1 amide bonds. The van der Waals surface area contributed by atoms with Crippen molar-refractivity contribution in [1.82, 2.24) is 19.1 Å². The largest absolute Gasteiger partial charge is 0.331 e. The zero-order chi connectivity index (χ0) is 22.6. The molecule has 0 saturated carbocycles. The molecule has 32 heavy (non-hydrogen) atoms. The summed E-state index contributed by atoms with van der Waals surface area (Å²) in [7, 11) is -3.84. The second-order valence-electron chi connectivity index (χ2n) is 7.98. The Hall–Kier alpha value is -3.08. The fourth-order valence-electron chi connectivity index (χ4n) is 3.81. The maximum atomic E-state index is 13.1. The molecule has 2 aromatic heterocycles. The SMILES string of the molecule is Cc1ccc(C(N)C(=O)N2Cc3cn(S(=O)(=O)c4ccc5ncsc5c4)nc3C2)cc1C. The first-order chi connectivity index (χ1) is 15.2. The van der Waals surface area contributed by atoms with Crippen LogP contribution in [0.1, 0.15) is 34.0 Å². The van der Waals surface area contributed by atoms with Gasteiger partial charge in [0, 0.05) is 18.3 Å². The summed E-state index contributed by atoms with van der Waals surface area (Å²) in [6, 6.07) is 9.79. The Morgan fingerprint density at radius 1 is 1.12 bits per heavy atom. The number of nitrogens with two attached hydrogens (primary N) is 1. The second-order valence-corrected chi connectivity index (χ2v) is 10.7. The van der Waals surface area contributed by atoms with E-state index >= 15 is 0 Å². The molecular weight excluding hydrogens is 446 g/mol. The van der Waals surface area contributed by atoms with Crippen LogP contribution in [0.25, 0.3) is 10.2 Å². The first-order valence-electron chi connectivity index (χ1n) is 10.0. The van der Waals surface area contributed by atoms with Gasteiger partial charge in [-0.25, -0.2) is 4.98 Å². The van der Waals surface area contributed by atoms with E-state index in [1.165, 1.54) is 23.6 Å². The Labute approximate surface area is 189 Å². The van der Waals surface area contributed by atoms with Gasteiger partial charge in [0.25, 0.3) is 10.0 Å². The summed E-state index contributed by atoms with van der Waals surface area (Å²) in [4.78, 5) is 18.9. The molecule has 0 spiro atoms. The summed E-state index contributed by atoms with van der Waals surface area (Å²) in [5.74, 6) is -0.212. The Morgan fingerprint density at radius 2 is 1.94 bits per heavy atom. The highest BCUT2D eigenvalue weighted by Gasteiger charge is 2.32. The molecule has 1 unspecified atom stereocenters. The Morgan fingerprint density at radius 3 is 2.69 bits per heavy atom. The Kier molecular flexibility index (Phi) is 4.88. The molecule has 164 valence electrons. The molecule has 1 aliphatic heterocycles. The van der Waals surface area contributed by atoms with Gasteiger partial charge in [0.15, 0.2) is 0 Å². The van der Waals surface area contributed by atoms with Gasteiger partial charge >= 0.3 is 0 Å². The minimum atomic E-state index is -3.84. The monoisotopic (exact) mass is 467 g/mol. The lowest BCUT2D eigenvalue weighted by molar-refractivity contribution is -0.133. The van der Waals surface area contributed by atoms with Crippen molar-refractivity contribution in [1.29, 1.82) is 0 Å². The van der Waals surface area contributed by atoms with Crippen LogP contribution >= 0.6 is 11.3 Å². The molecule has 2 aromatic carbocycles. The fraction of sp³-hybridized carbons (Fsp3) is 0.227. The highest BCUT2D eigenvalue weighted by atomic mass is 32.2. The number of hydrogen-bond acceptors (Lipinski definition) is 7. The normalized spacial score (nSPS) is 14.7. The number of aryl methyl sites for hydroxylation is 2. The number of fused-ring (bicyclic) bond motifs is 2. The van der Waals surface area contributed by atoms with Gasteiger partial charge in [0.05, 0.1) is 32.9 Å². The van der Waals surface area contributed by atoms with E-state index in [-0.39, 0.29) is 23.9 Å². The van der Waals surface area contributed by atoms with Crippen molar-refractivity contribution < 1.29 is 13.2 Å². The average molecular weight is 468 g/mol. The van der Waals surface area contributed by atoms with E-state index < -0.39 is 16.1 Å². The van der Waals surface area contributed by atoms with Crippen molar-refractivity contribution in [3.05, 3.63) is 76.1 Å². The molecule has 1 aliphatic rings. The van der Waals surface area contributed by atoms with E-state index in [0.29, 0.717) is 11.3 Å². The Balaban J connectivity index is 1.36. The van der Waals surface area contributed by atoms with Crippen molar-refractivity contribution in [3.63, 3.8) is 0 Å². The van der Waals surface area contributed by atoms with Gasteiger partial charge in [-0.2, -0.15) is 17.6 Å². The Bertz CT molecular complexity index is 1450. The van der Waals surface area contributed by atoms with Crippen molar-refractivity contribution in [3.8, 4) is 0 Å². The zero-order valence-electron chi connectivity index (χ0n) is 17.5. The van der Waals surface area contributed by atoms with Crippen LogP contribution in [0.3, 0.4) is 0 Å². The minimum Gasteiger partial charge on any atom is -0.331 e. The summed E-state index contributed by atoms with van der Waals surface area (Å²) in [5.41, 5.74) is 12.9. The van der Waals surface area contributed by atoms with E-state index in [1.807, 2.05) is 32.0 Å². The van der Waals surface area contributed by atoms with Gasteiger partial charge in [0.1, 0.15) is 6.04 Å². The number of amides is 1. The van der Waals surface area contributed by atoms with E-state index in [1.54, 1.807) is 22.5 Å². The van der Waals surface area contributed by atoms with Gasteiger partial charge in [0.2, 0.25) is 5.91 Å². The number of hydrogen-bond donors (Lipinski definition) is 1. The van der Waals surface area contributed by atoms with Crippen LogP contribution in [0.15, 0.2) is 53.0 Å². The van der Waals surface area contributed by atoms with Crippen LogP contribution in [0.4, 0.5) is 0 Å². The molecule has 0 fully saturated rings. The van der Waals surface area contributed by atoms with Crippen LogP contribution in [0.2, 0.25) is 0 Å². The second kappa shape index (κ2) is 7.51. The van der Waals surface area contributed by atoms with Gasteiger partial charge < -0.3 is 10.6 Å². The van der Waals surface area contributed by atoms with E-state index in [9.17, 15) is 13.2 Å². The number of carbonyl (C=O) groups excluding carboxylic acids is 1. The third-order valence-corrected chi connectivity index (χ3v) is 8.19. The predicted molar refractivity (Wildman–Crippen MR) is 122 cm³/mol. The third kappa shape index (κ3) is 3.40. The third-order valence-electron chi connectivity index (χ3n) is 5.87. The minimum absolute atomic E-state index is 0.153. The molecule has 5 rings (SSSR count). The van der Waals surface area contributed by atoms with E-state index in [0.717, 1.165) is 31.0 Å². The quantitative estimate of drug-likeness (QED) is 0.494. The van der Waals surface area contributed by atoms with Gasteiger partial charge in [-0.3, -0.25) is 4.79 Å². The maximum Gasteiger partial charge on any atom is 0.283 e. The molecule has 3 heterocycles. The molecule has 0 saturated heterocycles. The van der Waals surface area contributed by atoms with Crippen LogP contribution in [-0.4, -0.2) is 33.4 Å². The van der Waals surface area contributed by atoms with Crippen LogP contribution in [-0.2, 0) is 27.9 Å². The highest BCUT2D eigenvalue weighted by Crippen LogP contribution is 2.28. The topological polar surface area (TPSA) is 111 Å². The van der Waals surface area contributed by atoms with E-state index in [4.69, 9.17) is 5.73 Å². The van der Waals surface area contributed by atoms with Gasteiger partial charge in [-0.15, -0.1) is 11.3 Å². The molecule has 1 atom stereocenters. The van der Waals surface area contributed by atoms with Gasteiger partial charge in [-0.1, -0.05) is 18.2 Å². The summed E-state index contributed by atoms with van der Waals surface area (Å²) in [6.45, 7) is 4.49. The standard InChI is InChI=1S/C22H21N5O3S2/c1-13-3-4-15(7-14(13)2)21(23)22(28)26-9-16-10-27(25-19(16)11-26)32(29,30)17-5-6-18-20(8-17)31-12-24-18/h3-8,10,12,21H,9,11,23H2,1-2H3. The molecule has 0 bridgehead atoms. The first kappa shape index (κ1) is 20.8. The molecule has 0 aliphatic carbocycles. The zero-order valence-corrected chi connectivity index (χ0v) is 19.2. The summed E-state index contributed by atoms with van der Waals surface area (Å²) >= 11 is 1.38. The van der Waals surface area contributed by atoms with Crippen molar-refractivity contribution >= 4 is 37.5 Å². The maximum absolute atomic E-state index is 13.1. The number of aromatic nitrogens is 3. The number of nitrogens with zero attached hydrogens (tertiary/aromatic N) is 4.